The molecule has 10 heteroatoms. The molecule has 2 saturated carbocycles. The normalized spacial score (nSPS) is 26.5. The summed E-state index contributed by atoms with van der Waals surface area (Å²) in [4.78, 5) is 22.1. The van der Waals surface area contributed by atoms with E-state index in [1.807, 2.05) is 14.0 Å². The SMILES string of the molecule is Cc1nc(C2(O)CC3CC(c4ncn(C)c4C(=O)Nc4ccc(F)c(Cl)c4)CC3C2)nn1C. The highest BCUT2D eigenvalue weighted by atomic mass is 35.5. The number of aliphatic hydroxyl groups is 1. The predicted molar refractivity (Wildman–Crippen MR) is 120 cm³/mol. The van der Waals surface area contributed by atoms with Crippen LogP contribution in [0.25, 0.3) is 0 Å². The zero-order valence-electron chi connectivity index (χ0n) is 18.7. The van der Waals surface area contributed by atoms with Crippen LogP contribution in [0, 0.1) is 24.6 Å². The third-order valence-corrected chi connectivity index (χ3v) is 7.47. The molecule has 2 N–H and O–H groups in total. The van der Waals surface area contributed by atoms with Gasteiger partial charge in [0.2, 0.25) is 0 Å². The molecule has 0 saturated heterocycles. The van der Waals surface area contributed by atoms with Crippen LogP contribution in [0.3, 0.4) is 0 Å². The molecule has 5 rings (SSSR count). The highest BCUT2D eigenvalue weighted by Gasteiger charge is 2.52. The average molecular weight is 473 g/mol. The first-order valence-corrected chi connectivity index (χ1v) is 11.4. The van der Waals surface area contributed by atoms with Gasteiger partial charge in [-0.05, 0) is 62.6 Å². The van der Waals surface area contributed by atoms with Crippen LogP contribution in [0.4, 0.5) is 10.1 Å². The fourth-order valence-electron chi connectivity index (χ4n) is 5.52. The Morgan fingerprint density at radius 2 is 1.97 bits per heavy atom. The summed E-state index contributed by atoms with van der Waals surface area (Å²) < 4.78 is 16.9. The van der Waals surface area contributed by atoms with Crippen molar-refractivity contribution in [2.24, 2.45) is 25.9 Å². The molecular formula is C23H26ClFN6O2. The van der Waals surface area contributed by atoms with Crippen LogP contribution in [0.5, 0.6) is 0 Å². The molecule has 174 valence electrons. The second-order valence-corrected chi connectivity index (χ2v) is 9.81. The molecule has 8 nitrogen and oxygen atoms in total. The highest BCUT2D eigenvalue weighted by Crippen LogP contribution is 2.56. The smallest absolute Gasteiger partial charge is 0.274 e. The van der Waals surface area contributed by atoms with Gasteiger partial charge in [0.05, 0.1) is 17.0 Å². The van der Waals surface area contributed by atoms with Crippen molar-refractivity contribution in [3.05, 3.63) is 58.4 Å². The first-order valence-electron chi connectivity index (χ1n) is 11.0. The largest absolute Gasteiger partial charge is 0.382 e. The van der Waals surface area contributed by atoms with Crippen molar-refractivity contribution in [3.63, 3.8) is 0 Å². The van der Waals surface area contributed by atoms with Gasteiger partial charge in [-0.1, -0.05) is 11.6 Å². The molecule has 0 radical (unpaired) electrons. The quantitative estimate of drug-likeness (QED) is 0.603. The number of hydrogen-bond acceptors (Lipinski definition) is 5. The zero-order valence-corrected chi connectivity index (χ0v) is 19.5. The number of amides is 1. The lowest BCUT2D eigenvalue weighted by molar-refractivity contribution is 0.0253. The highest BCUT2D eigenvalue weighted by molar-refractivity contribution is 6.31. The Labute approximate surface area is 195 Å². The number of fused-ring (bicyclic) bond motifs is 1. The molecule has 2 atom stereocenters. The van der Waals surface area contributed by atoms with Crippen molar-refractivity contribution in [2.45, 2.75) is 44.1 Å². The second-order valence-electron chi connectivity index (χ2n) is 9.41. The van der Waals surface area contributed by atoms with Gasteiger partial charge in [-0.15, -0.1) is 0 Å². The Hall–Kier alpha value is -2.78. The van der Waals surface area contributed by atoms with Crippen molar-refractivity contribution >= 4 is 23.2 Å². The molecule has 2 fully saturated rings. The van der Waals surface area contributed by atoms with Gasteiger partial charge in [-0.25, -0.2) is 14.4 Å². The van der Waals surface area contributed by atoms with Crippen molar-refractivity contribution in [1.82, 2.24) is 24.3 Å². The minimum atomic E-state index is -1.00. The number of imidazole rings is 1. The monoisotopic (exact) mass is 472 g/mol. The van der Waals surface area contributed by atoms with E-state index in [2.05, 4.69) is 20.4 Å². The van der Waals surface area contributed by atoms with E-state index >= 15 is 0 Å². The topological polar surface area (TPSA) is 97.9 Å². The maximum Gasteiger partial charge on any atom is 0.274 e. The maximum atomic E-state index is 13.5. The van der Waals surface area contributed by atoms with E-state index in [4.69, 9.17) is 11.6 Å². The van der Waals surface area contributed by atoms with Gasteiger partial charge >= 0.3 is 0 Å². The van der Waals surface area contributed by atoms with E-state index in [-0.39, 0.29) is 16.8 Å². The number of halogens is 2. The van der Waals surface area contributed by atoms with Crippen LogP contribution >= 0.6 is 11.6 Å². The van der Waals surface area contributed by atoms with Crippen LogP contribution in [-0.2, 0) is 19.7 Å². The Bertz CT molecular complexity index is 1200. The summed E-state index contributed by atoms with van der Waals surface area (Å²) in [5.41, 5.74) is 0.661. The van der Waals surface area contributed by atoms with Crippen molar-refractivity contribution in [3.8, 4) is 0 Å². The van der Waals surface area contributed by atoms with Crippen LogP contribution in [0.1, 0.15) is 59.4 Å². The average Bonchev–Trinajstić information content (AvgIpc) is 3.48. The standard InChI is InChI=1S/C23H26ClFN6O2/c1-12-27-22(29-31(12)3)23(33)9-14-6-13(7-15(14)10-23)19-20(30(2)11-26-19)21(32)28-16-4-5-18(25)17(24)8-16/h4-5,8,11,13-15,33H,6-7,9-10H2,1-3H3,(H,28,32). The predicted octanol–water partition coefficient (Wildman–Crippen LogP) is 3.69. The van der Waals surface area contributed by atoms with Gasteiger partial charge in [0.25, 0.3) is 5.91 Å². The Kier molecular flexibility index (Phi) is 5.29. The third kappa shape index (κ3) is 3.83. The Morgan fingerprint density at radius 3 is 2.58 bits per heavy atom. The number of nitrogens with zero attached hydrogens (tertiary/aromatic N) is 5. The van der Waals surface area contributed by atoms with Gasteiger partial charge in [0.15, 0.2) is 5.82 Å². The molecule has 33 heavy (non-hydrogen) atoms. The summed E-state index contributed by atoms with van der Waals surface area (Å²) >= 11 is 5.85. The van der Waals surface area contributed by atoms with Crippen LogP contribution in [-0.4, -0.2) is 35.3 Å². The van der Waals surface area contributed by atoms with E-state index in [1.54, 1.807) is 22.6 Å². The van der Waals surface area contributed by atoms with Crippen LogP contribution < -0.4 is 5.32 Å². The first kappa shape index (κ1) is 22.0. The molecule has 1 amide bonds. The zero-order chi connectivity index (χ0) is 23.5. The first-order chi connectivity index (χ1) is 15.6. The van der Waals surface area contributed by atoms with E-state index in [0.717, 1.165) is 24.4 Å². The lowest BCUT2D eigenvalue weighted by atomic mass is 9.92. The molecule has 0 aliphatic heterocycles. The fourth-order valence-corrected chi connectivity index (χ4v) is 5.70. The van der Waals surface area contributed by atoms with E-state index in [1.165, 1.54) is 18.2 Å². The number of nitrogens with one attached hydrogen (secondary N) is 1. The summed E-state index contributed by atoms with van der Waals surface area (Å²) in [5.74, 6) is 1.20. The Morgan fingerprint density at radius 1 is 1.27 bits per heavy atom. The number of carbonyl (C=O) groups is 1. The molecule has 1 aromatic carbocycles. The van der Waals surface area contributed by atoms with Gasteiger partial charge in [0, 0.05) is 25.7 Å². The number of carbonyl (C=O) groups excluding carboxylic acids is 1. The fraction of sp³-hybridized carbons (Fsp3) is 0.478. The molecule has 2 aromatic heterocycles. The van der Waals surface area contributed by atoms with Crippen molar-refractivity contribution in [2.75, 3.05) is 5.32 Å². The van der Waals surface area contributed by atoms with E-state index in [0.29, 0.717) is 41.9 Å². The molecule has 3 aromatic rings. The number of anilines is 1. The number of benzene rings is 1. The molecular weight excluding hydrogens is 447 g/mol. The minimum Gasteiger partial charge on any atom is -0.382 e. The number of rotatable bonds is 4. The summed E-state index contributed by atoms with van der Waals surface area (Å²) in [6.45, 7) is 1.87. The third-order valence-electron chi connectivity index (χ3n) is 7.18. The lowest BCUT2D eigenvalue weighted by Gasteiger charge is -2.21. The summed E-state index contributed by atoms with van der Waals surface area (Å²) in [5, 5.41) is 18.4. The van der Waals surface area contributed by atoms with Gasteiger partial charge in [-0.2, -0.15) is 5.10 Å². The van der Waals surface area contributed by atoms with Crippen molar-refractivity contribution in [1.29, 1.82) is 0 Å². The summed E-state index contributed by atoms with van der Waals surface area (Å²) in [6.07, 6.45) is 4.56. The molecule has 2 heterocycles. The van der Waals surface area contributed by atoms with Gasteiger partial charge in [0.1, 0.15) is 22.9 Å². The number of hydrogen-bond donors (Lipinski definition) is 2. The molecule has 0 spiro atoms. The van der Waals surface area contributed by atoms with E-state index < -0.39 is 11.4 Å². The number of aryl methyl sites for hydroxylation is 3. The van der Waals surface area contributed by atoms with Gasteiger partial charge in [-0.3, -0.25) is 9.48 Å². The summed E-state index contributed by atoms with van der Waals surface area (Å²) in [6, 6.07) is 4.08. The molecule has 2 unspecified atom stereocenters. The van der Waals surface area contributed by atoms with Gasteiger partial charge < -0.3 is 15.0 Å². The molecule has 0 bridgehead atoms. The minimum absolute atomic E-state index is 0.0493. The second kappa shape index (κ2) is 7.92. The van der Waals surface area contributed by atoms with E-state index in [9.17, 15) is 14.3 Å². The van der Waals surface area contributed by atoms with Crippen LogP contribution in [0.15, 0.2) is 24.5 Å². The lowest BCUT2D eigenvalue weighted by Crippen LogP contribution is -2.25. The Balaban J connectivity index is 1.32. The molecule has 2 aliphatic rings. The van der Waals surface area contributed by atoms with Crippen molar-refractivity contribution < 1.29 is 14.3 Å². The molecule has 2 aliphatic carbocycles. The summed E-state index contributed by atoms with van der Waals surface area (Å²) in [7, 11) is 3.61. The maximum absolute atomic E-state index is 13.5. The number of aromatic nitrogens is 5. The van der Waals surface area contributed by atoms with Crippen LogP contribution in [0.2, 0.25) is 5.02 Å².